The average molecular weight is 408 g/mol. The summed E-state index contributed by atoms with van der Waals surface area (Å²) in [7, 11) is 3.26. The van der Waals surface area contributed by atoms with Gasteiger partial charge in [-0.1, -0.05) is 30.3 Å². The Balaban J connectivity index is 1.24. The number of hydrogen-bond acceptors (Lipinski definition) is 4. The van der Waals surface area contributed by atoms with E-state index in [1.54, 1.807) is 14.2 Å². The first kappa shape index (κ1) is 20.9. The maximum Gasteiger partial charge on any atom is 0.166 e. The normalized spacial score (nSPS) is 19.7. The van der Waals surface area contributed by atoms with Crippen molar-refractivity contribution in [3.63, 3.8) is 0 Å². The van der Waals surface area contributed by atoms with Crippen molar-refractivity contribution in [2.45, 2.75) is 38.5 Å². The Labute approximate surface area is 180 Å². The number of ketones is 1. The number of rotatable bonds is 8. The number of piperidine rings is 1. The van der Waals surface area contributed by atoms with Gasteiger partial charge in [0.2, 0.25) is 0 Å². The van der Waals surface area contributed by atoms with Crippen molar-refractivity contribution in [3.8, 4) is 11.5 Å². The predicted octanol–water partition coefficient (Wildman–Crippen LogP) is 4.79. The molecule has 4 rings (SSSR count). The van der Waals surface area contributed by atoms with Crippen LogP contribution in [0.3, 0.4) is 0 Å². The highest BCUT2D eigenvalue weighted by Crippen LogP contribution is 2.39. The SMILES string of the molecule is COc1cc2c(cc1OC)C(=O)C(CC1CCN(CCCc3ccccc3)CC1)C2. The van der Waals surface area contributed by atoms with E-state index in [2.05, 4.69) is 35.2 Å². The summed E-state index contributed by atoms with van der Waals surface area (Å²) >= 11 is 0. The van der Waals surface area contributed by atoms with Gasteiger partial charge in [-0.3, -0.25) is 4.79 Å². The third-order valence-electron chi connectivity index (χ3n) is 6.82. The van der Waals surface area contributed by atoms with Crippen LogP contribution >= 0.6 is 0 Å². The molecule has 1 atom stereocenters. The van der Waals surface area contributed by atoms with E-state index in [1.165, 1.54) is 31.4 Å². The maximum absolute atomic E-state index is 13.0. The second-order valence-electron chi connectivity index (χ2n) is 8.74. The molecule has 0 amide bonds. The van der Waals surface area contributed by atoms with Gasteiger partial charge in [0.15, 0.2) is 17.3 Å². The zero-order chi connectivity index (χ0) is 20.9. The number of fused-ring (bicyclic) bond motifs is 1. The van der Waals surface area contributed by atoms with Crippen LogP contribution in [0.1, 0.15) is 47.2 Å². The van der Waals surface area contributed by atoms with Crippen LogP contribution in [0, 0.1) is 11.8 Å². The summed E-state index contributed by atoms with van der Waals surface area (Å²) < 4.78 is 10.8. The molecule has 2 aromatic carbocycles. The summed E-state index contributed by atoms with van der Waals surface area (Å²) in [5, 5.41) is 0. The fourth-order valence-electron chi connectivity index (χ4n) is 5.09. The zero-order valence-electron chi connectivity index (χ0n) is 18.2. The molecule has 4 heteroatoms. The summed E-state index contributed by atoms with van der Waals surface area (Å²) in [5.74, 6) is 2.42. The average Bonchev–Trinajstić information content (AvgIpc) is 3.09. The Morgan fingerprint density at radius 3 is 2.40 bits per heavy atom. The van der Waals surface area contributed by atoms with E-state index in [9.17, 15) is 4.79 Å². The lowest BCUT2D eigenvalue weighted by molar-refractivity contribution is 0.0897. The molecule has 4 nitrogen and oxygen atoms in total. The first-order valence-electron chi connectivity index (χ1n) is 11.2. The predicted molar refractivity (Wildman–Crippen MR) is 120 cm³/mol. The molecule has 1 unspecified atom stereocenters. The molecule has 0 saturated carbocycles. The molecule has 1 heterocycles. The number of Topliss-reactive ketones (excluding diaryl/α,β-unsaturated/α-hetero) is 1. The third kappa shape index (κ3) is 4.70. The molecular formula is C26H33NO3. The first-order chi connectivity index (χ1) is 14.7. The number of methoxy groups -OCH3 is 2. The Morgan fingerprint density at radius 1 is 1.00 bits per heavy atom. The van der Waals surface area contributed by atoms with Gasteiger partial charge in [0.1, 0.15) is 0 Å². The van der Waals surface area contributed by atoms with Crippen molar-refractivity contribution in [2.75, 3.05) is 33.9 Å². The molecule has 2 aromatic rings. The lowest BCUT2D eigenvalue weighted by atomic mass is 9.85. The van der Waals surface area contributed by atoms with Gasteiger partial charge in [0, 0.05) is 11.5 Å². The number of ether oxygens (including phenoxy) is 2. The van der Waals surface area contributed by atoms with Gasteiger partial charge in [-0.05, 0) is 87.3 Å². The van der Waals surface area contributed by atoms with Crippen LogP contribution in [0.25, 0.3) is 0 Å². The Bertz CT molecular complexity index is 856. The molecule has 1 saturated heterocycles. The standard InChI is InChI=1S/C26H33NO3/c1-29-24-17-21-16-22(26(28)23(21)18-25(24)30-2)15-20-10-13-27(14-11-20)12-6-9-19-7-4-3-5-8-19/h3-5,7-8,17-18,20,22H,6,9-16H2,1-2H3. The molecule has 160 valence electrons. The van der Waals surface area contributed by atoms with Crippen molar-refractivity contribution in [2.24, 2.45) is 11.8 Å². The number of aryl methyl sites for hydroxylation is 1. The largest absolute Gasteiger partial charge is 0.493 e. The molecule has 0 N–H and O–H groups in total. The van der Waals surface area contributed by atoms with Crippen molar-refractivity contribution in [1.82, 2.24) is 4.90 Å². The lowest BCUT2D eigenvalue weighted by Gasteiger charge is -2.32. The van der Waals surface area contributed by atoms with E-state index in [-0.39, 0.29) is 11.7 Å². The van der Waals surface area contributed by atoms with Gasteiger partial charge < -0.3 is 14.4 Å². The highest BCUT2D eigenvalue weighted by molar-refractivity contribution is 6.02. The summed E-state index contributed by atoms with van der Waals surface area (Å²) in [5.41, 5.74) is 3.37. The molecular weight excluding hydrogens is 374 g/mol. The fraction of sp³-hybridized carbons (Fsp3) is 0.500. The Kier molecular flexibility index (Phi) is 6.73. The van der Waals surface area contributed by atoms with Gasteiger partial charge >= 0.3 is 0 Å². The molecule has 2 aliphatic rings. The lowest BCUT2D eigenvalue weighted by Crippen LogP contribution is -2.35. The van der Waals surface area contributed by atoms with Crippen LogP contribution in [-0.4, -0.2) is 44.5 Å². The molecule has 1 aliphatic heterocycles. The summed E-state index contributed by atoms with van der Waals surface area (Å²) in [6.45, 7) is 3.50. The second kappa shape index (κ2) is 9.65. The number of hydrogen-bond donors (Lipinski definition) is 0. The van der Waals surface area contributed by atoms with Crippen molar-refractivity contribution >= 4 is 5.78 Å². The van der Waals surface area contributed by atoms with Gasteiger partial charge in [-0.2, -0.15) is 0 Å². The van der Waals surface area contributed by atoms with Gasteiger partial charge in [0.25, 0.3) is 0 Å². The quantitative estimate of drug-likeness (QED) is 0.630. The molecule has 0 bridgehead atoms. The first-order valence-corrected chi connectivity index (χ1v) is 11.2. The van der Waals surface area contributed by atoms with E-state index in [4.69, 9.17) is 9.47 Å². The van der Waals surface area contributed by atoms with E-state index in [0.29, 0.717) is 17.4 Å². The second-order valence-corrected chi connectivity index (χ2v) is 8.74. The summed E-state index contributed by atoms with van der Waals surface area (Å²) in [6.07, 6.45) is 6.63. The minimum atomic E-state index is 0.117. The maximum atomic E-state index is 13.0. The van der Waals surface area contributed by atoms with Crippen LogP contribution in [-0.2, 0) is 12.8 Å². The number of carbonyl (C=O) groups excluding carboxylic acids is 1. The number of benzene rings is 2. The molecule has 0 radical (unpaired) electrons. The minimum Gasteiger partial charge on any atom is -0.493 e. The van der Waals surface area contributed by atoms with Crippen LogP contribution in [0.4, 0.5) is 0 Å². The third-order valence-corrected chi connectivity index (χ3v) is 6.82. The topological polar surface area (TPSA) is 38.8 Å². The number of nitrogens with zero attached hydrogens (tertiary/aromatic N) is 1. The number of carbonyl (C=O) groups is 1. The van der Waals surface area contributed by atoms with Crippen molar-refractivity contribution in [3.05, 3.63) is 59.2 Å². The highest BCUT2D eigenvalue weighted by Gasteiger charge is 2.34. The molecule has 1 aliphatic carbocycles. The molecule has 1 fully saturated rings. The van der Waals surface area contributed by atoms with E-state index in [1.807, 2.05) is 12.1 Å². The summed E-state index contributed by atoms with van der Waals surface area (Å²) in [4.78, 5) is 15.6. The fourth-order valence-corrected chi connectivity index (χ4v) is 5.09. The smallest absolute Gasteiger partial charge is 0.166 e. The summed E-state index contributed by atoms with van der Waals surface area (Å²) in [6, 6.07) is 14.6. The monoisotopic (exact) mass is 407 g/mol. The van der Waals surface area contributed by atoms with Gasteiger partial charge in [-0.25, -0.2) is 0 Å². The minimum absolute atomic E-state index is 0.117. The van der Waals surface area contributed by atoms with Crippen LogP contribution in [0.5, 0.6) is 11.5 Å². The van der Waals surface area contributed by atoms with Crippen LogP contribution < -0.4 is 9.47 Å². The highest BCUT2D eigenvalue weighted by atomic mass is 16.5. The van der Waals surface area contributed by atoms with Crippen LogP contribution in [0.15, 0.2) is 42.5 Å². The molecule has 30 heavy (non-hydrogen) atoms. The molecule has 0 aromatic heterocycles. The van der Waals surface area contributed by atoms with Crippen LogP contribution in [0.2, 0.25) is 0 Å². The zero-order valence-corrected chi connectivity index (χ0v) is 18.2. The number of likely N-dealkylation sites (tertiary alicyclic amines) is 1. The Morgan fingerprint density at radius 2 is 1.70 bits per heavy atom. The van der Waals surface area contributed by atoms with Crippen molar-refractivity contribution in [1.29, 1.82) is 0 Å². The van der Waals surface area contributed by atoms with Gasteiger partial charge in [-0.15, -0.1) is 0 Å². The van der Waals surface area contributed by atoms with E-state index in [0.717, 1.165) is 43.5 Å². The van der Waals surface area contributed by atoms with E-state index < -0.39 is 0 Å². The Hall–Kier alpha value is -2.33. The molecule has 0 spiro atoms. The van der Waals surface area contributed by atoms with E-state index >= 15 is 0 Å². The van der Waals surface area contributed by atoms with Crippen molar-refractivity contribution < 1.29 is 14.3 Å². The van der Waals surface area contributed by atoms with Gasteiger partial charge in [0.05, 0.1) is 14.2 Å².